The number of benzene rings is 2. The van der Waals surface area contributed by atoms with Gasteiger partial charge in [0.25, 0.3) is 5.91 Å². The quantitative estimate of drug-likeness (QED) is 0.643. The van der Waals surface area contributed by atoms with E-state index in [4.69, 9.17) is 4.42 Å². The maximum absolute atomic E-state index is 12.4. The lowest BCUT2D eigenvalue weighted by molar-refractivity contribution is -0.118. The number of anilines is 2. The van der Waals surface area contributed by atoms with Gasteiger partial charge in [0.05, 0.1) is 4.47 Å². The number of para-hydroxylation sites is 1. The number of amides is 2. The van der Waals surface area contributed by atoms with Gasteiger partial charge in [-0.05, 0) is 52.3 Å². The molecule has 0 aliphatic heterocycles. The molecule has 1 aromatic heterocycles. The number of carbonyl (C=O) groups is 2. The van der Waals surface area contributed by atoms with Crippen LogP contribution in [0, 0.1) is 5.92 Å². The molecule has 0 atom stereocenters. The minimum Gasteiger partial charge on any atom is -0.450 e. The molecule has 3 aromatic rings. The van der Waals surface area contributed by atoms with Gasteiger partial charge in [0.2, 0.25) is 5.91 Å². The van der Waals surface area contributed by atoms with Crippen LogP contribution in [0.15, 0.2) is 57.4 Å². The van der Waals surface area contributed by atoms with Crippen molar-refractivity contribution in [3.63, 3.8) is 0 Å². The molecule has 128 valence electrons. The van der Waals surface area contributed by atoms with E-state index in [1.54, 1.807) is 30.3 Å². The SMILES string of the molecule is CC(C)C(=O)Nc1ccc(NC(=O)c2cc3cccc(Br)c3o2)cc1. The van der Waals surface area contributed by atoms with Crippen molar-refractivity contribution >= 4 is 50.1 Å². The van der Waals surface area contributed by atoms with Gasteiger partial charge >= 0.3 is 0 Å². The summed E-state index contributed by atoms with van der Waals surface area (Å²) in [4.78, 5) is 24.0. The highest BCUT2D eigenvalue weighted by atomic mass is 79.9. The van der Waals surface area contributed by atoms with Crippen LogP contribution < -0.4 is 10.6 Å². The first kappa shape index (κ1) is 17.2. The Morgan fingerprint density at radius 3 is 2.24 bits per heavy atom. The number of fused-ring (bicyclic) bond motifs is 1. The molecular weight excluding hydrogens is 384 g/mol. The Bertz CT molecular complexity index is 929. The highest BCUT2D eigenvalue weighted by Crippen LogP contribution is 2.27. The van der Waals surface area contributed by atoms with Gasteiger partial charge in [-0.3, -0.25) is 9.59 Å². The van der Waals surface area contributed by atoms with E-state index in [0.717, 1.165) is 9.86 Å². The van der Waals surface area contributed by atoms with E-state index in [9.17, 15) is 9.59 Å². The monoisotopic (exact) mass is 400 g/mol. The normalized spacial score (nSPS) is 10.9. The van der Waals surface area contributed by atoms with Gasteiger partial charge in [0.1, 0.15) is 5.58 Å². The number of nitrogens with one attached hydrogen (secondary N) is 2. The van der Waals surface area contributed by atoms with E-state index in [-0.39, 0.29) is 23.5 Å². The lowest BCUT2D eigenvalue weighted by Gasteiger charge is -2.08. The van der Waals surface area contributed by atoms with Crippen LogP contribution in [0.25, 0.3) is 11.0 Å². The largest absolute Gasteiger partial charge is 0.450 e. The summed E-state index contributed by atoms with van der Waals surface area (Å²) in [5.74, 6) is -0.238. The second kappa shape index (κ2) is 7.11. The first-order chi connectivity index (χ1) is 11.9. The van der Waals surface area contributed by atoms with E-state index in [1.165, 1.54) is 0 Å². The van der Waals surface area contributed by atoms with Gasteiger partial charge in [0, 0.05) is 22.7 Å². The van der Waals surface area contributed by atoms with Crippen molar-refractivity contribution in [2.24, 2.45) is 5.92 Å². The lowest BCUT2D eigenvalue weighted by atomic mass is 10.2. The third kappa shape index (κ3) is 3.91. The summed E-state index contributed by atoms with van der Waals surface area (Å²) >= 11 is 3.40. The summed E-state index contributed by atoms with van der Waals surface area (Å²) in [7, 11) is 0. The Kier molecular flexibility index (Phi) is 4.90. The Labute approximate surface area is 153 Å². The van der Waals surface area contributed by atoms with Crippen LogP contribution in [0.5, 0.6) is 0 Å². The Hall–Kier alpha value is -2.60. The van der Waals surface area contributed by atoms with Crippen LogP contribution in [0.1, 0.15) is 24.4 Å². The van der Waals surface area contributed by atoms with Crippen LogP contribution in [0.3, 0.4) is 0 Å². The number of hydrogen-bond donors (Lipinski definition) is 2. The Morgan fingerprint density at radius 1 is 1.00 bits per heavy atom. The minimum absolute atomic E-state index is 0.0513. The number of carbonyl (C=O) groups excluding carboxylic acids is 2. The summed E-state index contributed by atoms with van der Waals surface area (Å²) in [6.45, 7) is 3.66. The van der Waals surface area contributed by atoms with Gasteiger partial charge in [-0.15, -0.1) is 0 Å². The number of hydrogen-bond acceptors (Lipinski definition) is 3. The zero-order valence-corrected chi connectivity index (χ0v) is 15.4. The molecule has 2 amide bonds. The fourth-order valence-corrected chi connectivity index (χ4v) is 2.72. The van der Waals surface area contributed by atoms with Gasteiger partial charge < -0.3 is 15.1 Å². The van der Waals surface area contributed by atoms with Crippen LogP contribution in [0.2, 0.25) is 0 Å². The van der Waals surface area contributed by atoms with E-state index in [1.807, 2.05) is 32.0 Å². The van der Waals surface area contributed by atoms with Crippen molar-refractivity contribution in [3.05, 3.63) is 58.8 Å². The van der Waals surface area contributed by atoms with Crippen LogP contribution in [-0.2, 0) is 4.79 Å². The molecule has 0 saturated carbocycles. The van der Waals surface area contributed by atoms with Crippen molar-refractivity contribution in [1.29, 1.82) is 0 Å². The first-order valence-electron chi connectivity index (χ1n) is 7.84. The highest BCUT2D eigenvalue weighted by molar-refractivity contribution is 9.10. The molecule has 6 heteroatoms. The number of halogens is 1. The second-order valence-corrected chi connectivity index (χ2v) is 6.80. The van der Waals surface area contributed by atoms with Crippen LogP contribution in [0.4, 0.5) is 11.4 Å². The zero-order chi connectivity index (χ0) is 18.0. The zero-order valence-electron chi connectivity index (χ0n) is 13.8. The van der Waals surface area contributed by atoms with Gasteiger partial charge in [0.15, 0.2) is 5.76 Å². The second-order valence-electron chi connectivity index (χ2n) is 5.94. The van der Waals surface area contributed by atoms with E-state index in [0.29, 0.717) is 17.0 Å². The average molecular weight is 401 g/mol. The van der Waals surface area contributed by atoms with Gasteiger partial charge in [-0.2, -0.15) is 0 Å². The molecule has 0 aliphatic rings. The molecule has 1 heterocycles. The number of rotatable bonds is 4. The van der Waals surface area contributed by atoms with Crippen molar-refractivity contribution in [3.8, 4) is 0 Å². The molecule has 5 nitrogen and oxygen atoms in total. The van der Waals surface area contributed by atoms with Crippen molar-refractivity contribution < 1.29 is 14.0 Å². The third-order valence-electron chi connectivity index (χ3n) is 3.65. The fourth-order valence-electron chi connectivity index (χ4n) is 2.26. The predicted octanol–water partition coefficient (Wildman–Crippen LogP) is 5.04. The molecule has 0 spiro atoms. The molecule has 2 N–H and O–H groups in total. The third-order valence-corrected chi connectivity index (χ3v) is 4.28. The number of furan rings is 1. The summed E-state index contributed by atoms with van der Waals surface area (Å²) in [5.41, 5.74) is 1.94. The topological polar surface area (TPSA) is 71.3 Å². The summed E-state index contributed by atoms with van der Waals surface area (Å²) < 4.78 is 6.42. The molecule has 0 saturated heterocycles. The Morgan fingerprint density at radius 2 is 1.64 bits per heavy atom. The van der Waals surface area contributed by atoms with Gasteiger partial charge in [-0.1, -0.05) is 26.0 Å². The lowest BCUT2D eigenvalue weighted by Crippen LogP contribution is -2.17. The summed E-state index contributed by atoms with van der Waals surface area (Å²) in [6, 6.07) is 14.3. The molecular formula is C19H17BrN2O3. The minimum atomic E-state index is -0.331. The molecule has 3 rings (SSSR count). The maximum Gasteiger partial charge on any atom is 0.291 e. The molecule has 0 fully saturated rings. The average Bonchev–Trinajstić information content (AvgIpc) is 3.02. The molecule has 0 aliphatic carbocycles. The molecule has 2 aromatic carbocycles. The van der Waals surface area contributed by atoms with Gasteiger partial charge in [-0.25, -0.2) is 0 Å². The smallest absolute Gasteiger partial charge is 0.291 e. The standard InChI is InChI=1S/C19H17BrN2O3/c1-11(2)18(23)21-13-6-8-14(9-7-13)22-19(24)16-10-12-4-3-5-15(20)17(12)25-16/h3-11H,1-2H3,(H,21,23)(H,22,24). The highest BCUT2D eigenvalue weighted by Gasteiger charge is 2.14. The molecule has 0 unspecified atom stereocenters. The van der Waals surface area contributed by atoms with Crippen molar-refractivity contribution in [1.82, 2.24) is 0 Å². The van der Waals surface area contributed by atoms with Crippen molar-refractivity contribution in [2.75, 3.05) is 10.6 Å². The van der Waals surface area contributed by atoms with Crippen LogP contribution >= 0.6 is 15.9 Å². The van der Waals surface area contributed by atoms with Crippen molar-refractivity contribution in [2.45, 2.75) is 13.8 Å². The summed E-state index contributed by atoms with van der Waals surface area (Å²) in [5, 5.41) is 6.44. The first-order valence-corrected chi connectivity index (χ1v) is 8.63. The molecule has 0 radical (unpaired) electrons. The van der Waals surface area contributed by atoms with Crippen LogP contribution in [-0.4, -0.2) is 11.8 Å². The maximum atomic E-state index is 12.4. The molecule has 25 heavy (non-hydrogen) atoms. The van der Waals surface area contributed by atoms with E-state index >= 15 is 0 Å². The van der Waals surface area contributed by atoms with E-state index in [2.05, 4.69) is 26.6 Å². The summed E-state index contributed by atoms with van der Waals surface area (Å²) in [6.07, 6.45) is 0. The fraction of sp³-hybridized carbons (Fsp3) is 0.158. The molecule has 0 bridgehead atoms. The predicted molar refractivity (Wildman–Crippen MR) is 102 cm³/mol. The van der Waals surface area contributed by atoms with E-state index < -0.39 is 0 Å². The Balaban J connectivity index is 1.72.